The molecule has 0 bridgehead atoms. The Morgan fingerprint density at radius 1 is 1.26 bits per heavy atom. The van der Waals surface area contributed by atoms with Crippen molar-refractivity contribution in [2.24, 2.45) is 0 Å². The number of imidazole rings is 1. The third kappa shape index (κ3) is 3.30. The van der Waals surface area contributed by atoms with Gasteiger partial charge in [-0.25, -0.2) is 19.7 Å². The topological polar surface area (TPSA) is 58.4 Å². The summed E-state index contributed by atoms with van der Waals surface area (Å²) in [7, 11) is 1.59. The minimum atomic E-state index is 0.285. The second-order valence-electron chi connectivity index (χ2n) is 3.92. The molecule has 2 aromatic heterocycles. The van der Waals surface area contributed by atoms with E-state index < -0.39 is 0 Å². The molecule has 0 atom stereocenters. The van der Waals surface area contributed by atoms with Crippen LogP contribution >= 0.6 is 0 Å². The highest BCUT2D eigenvalue weighted by molar-refractivity contribution is 5.42. The highest BCUT2D eigenvalue weighted by Gasteiger charge is 2.09. The summed E-state index contributed by atoms with van der Waals surface area (Å²) in [6.45, 7) is 4.58. The van der Waals surface area contributed by atoms with Gasteiger partial charge in [-0.2, -0.15) is 0 Å². The standard InChI is InChI=1S/C13H17N3O3/c1-4-18-19-8-11-5-6-12(13(15-11)17-3)16-7-10(2)14-9-16/h5-7,9H,4,8H2,1-3H3. The molecule has 0 unspecified atom stereocenters. The highest BCUT2D eigenvalue weighted by atomic mass is 17.2. The van der Waals surface area contributed by atoms with Crippen LogP contribution in [0.5, 0.6) is 5.88 Å². The summed E-state index contributed by atoms with van der Waals surface area (Å²) in [5.41, 5.74) is 2.51. The third-order valence-corrected chi connectivity index (χ3v) is 2.49. The third-order valence-electron chi connectivity index (χ3n) is 2.49. The summed E-state index contributed by atoms with van der Waals surface area (Å²) in [5.74, 6) is 0.523. The van der Waals surface area contributed by atoms with E-state index in [0.29, 0.717) is 12.5 Å². The van der Waals surface area contributed by atoms with Crippen LogP contribution in [0.25, 0.3) is 5.69 Å². The lowest BCUT2D eigenvalue weighted by atomic mass is 10.3. The number of nitrogens with zero attached hydrogens (tertiary/aromatic N) is 3. The smallest absolute Gasteiger partial charge is 0.238 e. The molecule has 0 radical (unpaired) electrons. The fourth-order valence-electron chi connectivity index (χ4n) is 1.64. The molecular formula is C13H17N3O3. The Morgan fingerprint density at radius 3 is 2.74 bits per heavy atom. The van der Waals surface area contributed by atoms with E-state index >= 15 is 0 Å². The van der Waals surface area contributed by atoms with Gasteiger partial charge >= 0.3 is 0 Å². The number of methoxy groups -OCH3 is 1. The highest BCUT2D eigenvalue weighted by Crippen LogP contribution is 2.21. The molecule has 6 nitrogen and oxygen atoms in total. The maximum absolute atomic E-state index is 5.30. The molecule has 0 aliphatic rings. The van der Waals surface area contributed by atoms with Gasteiger partial charge < -0.3 is 9.30 Å². The van der Waals surface area contributed by atoms with Crippen molar-refractivity contribution in [1.82, 2.24) is 14.5 Å². The molecule has 0 aliphatic heterocycles. The van der Waals surface area contributed by atoms with Crippen LogP contribution in [0.2, 0.25) is 0 Å². The van der Waals surface area contributed by atoms with Crippen LogP contribution in [0.3, 0.4) is 0 Å². The van der Waals surface area contributed by atoms with Crippen LogP contribution < -0.4 is 4.74 Å². The number of pyridine rings is 1. The molecule has 0 aliphatic carbocycles. The van der Waals surface area contributed by atoms with E-state index in [1.807, 2.05) is 36.7 Å². The molecule has 0 fully saturated rings. The first-order valence-electron chi connectivity index (χ1n) is 6.04. The van der Waals surface area contributed by atoms with Gasteiger partial charge in [0, 0.05) is 6.20 Å². The summed E-state index contributed by atoms with van der Waals surface area (Å²) in [6, 6.07) is 3.78. The van der Waals surface area contributed by atoms with Crippen LogP contribution in [0.4, 0.5) is 0 Å². The van der Waals surface area contributed by atoms with E-state index in [-0.39, 0.29) is 6.61 Å². The number of hydrogen-bond acceptors (Lipinski definition) is 5. The fourth-order valence-corrected chi connectivity index (χ4v) is 1.64. The summed E-state index contributed by atoms with van der Waals surface area (Å²) in [4.78, 5) is 18.4. The van der Waals surface area contributed by atoms with Gasteiger partial charge in [-0.05, 0) is 26.0 Å². The Hall–Kier alpha value is -1.92. The number of hydrogen-bond donors (Lipinski definition) is 0. The van der Waals surface area contributed by atoms with Crippen LogP contribution in [0.1, 0.15) is 18.3 Å². The van der Waals surface area contributed by atoms with Gasteiger partial charge in [0.05, 0.1) is 31.4 Å². The molecule has 0 amide bonds. The lowest BCUT2D eigenvalue weighted by molar-refractivity contribution is -0.301. The van der Waals surface area contributed by atoms with Crippen molar-refractivity contribution >= 4 is 0 Å². The lowest BCUT2D eigenvalue weighted by Gasteiger charge is -2.09. The second-order valence-corrected chi connectivity index (χ2v) is 3.92. The van der Waals surface area contributed by atoms with E-state index in [1.165, 1.54) is 0 Å². The Balaban J connectivity index is 2.21. The molecule has 0 aromatic carbocycles. The van der Waals surface area contributed by atoms with Crippen molar-refractivity contribution in [1.29, 1.82) is 0 Å². The predicted molar refractivity (Wildman–Crippen MR) is 69.1 cm³/mol. The summed E-state index contributed by atoms with van der Waals surface area (Å²) < 4.78 is 7.17. The number of ether oxygens (including phenoxy) is 1. The van der Waals surface area contributed by atoms with Crippen LogP contribution in [-0.2, 0) is 16.4 Å². The van der Waals surface area contributed by atoms with E-state index in [0.717, 1.165) is 17.1 Å². The van der Waals surface area contributed by atoms with E-state index in [1.54, 1.807) is 13.4 Å². The van der Waals surface area contributed by atoms with Gasteiger partial charge in [-0.15, -0.1) is 0 Å². The predicted octanol–water partition coefficient (Wildman–Crippen LogP) is 2.05. The Bertz CT molecular complexity index is 540. The summed E-state index contributed by atoms with van der Waals surface area (Å²) in [6.07, 6.45) is 3.64. The fraction of sp³-hybridized carbons (Fsp3) is 0.385. The number of rotatable bonds is 6. The van der Waals surface area contributed by atoms with Crippen molar-refractivity contribution < 1.29 is 14.5 Å². The molecule has 0 saturated carbocycles. The molecule has 102 valence electrons. The summed E-state index contributed by atoms with van der Waals surface area (Å²) in [5, 5.41) is 0. The number of aromatic nitrogens is 3. The SMILES string of the molecule is CCOOCc1ccc(-n2cnc(C)c2)c(OC)n1. The van der Waals surface area contributed by atoms with Crippen molar-refractivity contribution in [3.05, 3.63) is 36.0 Å². The van der Waals surface area contributed by atoms with Gasteiger partial charge in [-0.1, -0.05) is 0 Å². The molecule has 19 heavy (non-hydrogen) atoms. The van der Waals surface area contributed by atoms with Crippen LogP contribution in [-0.4, -0.2) is 28.3 Å². The average molecular weight is 263 g/mol. The Labute approximate surface area is 111 Å². The van der Waals surface area contributed by atoms with Crippen molar-refractivity contribution in [3.63, 3.8) is 0 Å². The molecule has 2 rings (SSSR count). The van der Waals surface area contributed by atoms with Crippen LogP contribution in [0.15, 0.2) is 24.7 Å². The van der Waals surface area contributed by atoms with Gasteiger partial charge in [0.15, 0.2) is 0 Å². The van der Waals surface area contributed by atoms with E-state index in [4.69, 9.17) is 14.5 Å². The monoisotopic (exact) mass is 263 g/mol. The molecule has 0 N–H and O–H groups in total. The molecule has 2 heterocycles. The van der Waals surface area contributed by atoms with Gasteiger partial charge in [-0.3, -0.25) is 0 Å². The molecule has 2 aromatic rings. The van der Waals surface area contributed by atoms with Crippen molar-refractivity contribution in [2.45, 2.75) is 20.5 Å². The summed E-state index contributed by atoms with van der Waals surface area (Å²) >= 11 is 0. The van der Waals surface area contributed by atoms with Crippen LogP contribution in [0, 0.1) is 6.92 Å². The largest absolute Gasteiger partial charge is 0.479 e. The van der Waals surface area contributed by atoms with Crippen molar-refractivity contribution in [3.8, 4) is 11.6 Å². The average Bonchev–Trinajstić information content (AvgIpc) is 2.85. The van der Waals surface area contributed by atoms with Crippen molar-refractivity contribution in [2.75, 3.05) is 13.7 Å². The molecule has 0 spiro atoms. The Kier molecular flexibility index (Phi) is 4.48. The maximum atomic E-state index is 5.30. The molecule has 0 saturated heterocycles. The van der Waals surface area contributed by atoms with Gasteiger partial charge in [0.1, 0.15) is 12.3 Å². The Morgan fingerprint density at radius 2 is 2.11 bits per heavy atom. The zero-order valence-electron chi connectivity index (χ0n) is 11.3. The minimum Gasteiger partial charge on any atom is -0.479 e. The second kappa shape index (κ2) is 6.31. The first kappa shape index (κ1) is 13.5. The number of aryl methyl sites for hydroxylation is 1. The lowest BCUT2D eigenvalue weighted by Crippen LogP contribution is -2.02. The van der Waals surface area contributed by atoms with Gasteiger partial charge in [0.25, 0.3) is 0 Å². The normalized spacial score (nSPS) is 10.7. The molecular weight excluding hydrogens is 246 g/mol. The zero-order valence-corrected chi connectivity index (χ0v) is 11.3. The maximum Gasteiger partial charge on any atom is 0.238 e. The van der Waals surface area contributed by atoms with Gasteiger partial charge in [0.2, 0.25) is 5.88 Å². The van der Waals surface area contributed by atoms with E-state index in [9.17, 15) is 0 Å². The zero-order chi connectivity index (χ0) is 13.7. The first-order chi connectivity index (χ1) is 9.24. The first-order valence-corrected chi connectivity index (χ1v) is 6.04. The quantitative estimate of drug-likeness (QED) is 0.453. The molecule has 6 heteroatoms. The van der Waals surface area contributed by atoms with E-state index in [2.05, 4.69) is 9.97 Å². The minimum absolute atomic E-state index is 0.285.